The smallest absolute Gasteiger partial charge is 0.239 e. The summed E-state index contributed by atoms with van der Waals surface area (Å²) >= 11 is 0. The summed E-state index contributed by atoms with van der Waals surface area (Å²) in [4.78, 5) is 25.6. The van der Waals surface area contributed by atoms with Crippen molar-refractivity contribution in [3.8, 4) is 0 Å². The summed E-state index contributed by atoms with van der Waals surface area (Å²) in [6, 6.07) is 0. The molecule has 0 fully saturated rings. The Balaban J connectivity index is 4.98. The third kappa shape index (κ3) is 3.98. The van der Waals surface area contributed by atoms with Crippen LogP contribution in [-0.4, -0.2) is 43.4 Å². The number of carbonyl (C=O) groups is 2. The van der Waals surface area contributed by atoms with Crippen molar-refractivity contribution >= 4 is 11.8 Å². The molecule has 0 bridgehead atoms. The van der Waals surface area contributed by atoms with E-state index in [9.17, 15) is 9.59 Å². The minimum Gasteiger partial charge on any atom is -0.358 e. The number of nitrogens with two attached hydrogens (primary N) is 1. The predicted molar refractivity (Wildman–Crippen MR) is 73.0 cm³/mol. The van der Waals surface area contributed by atoms with Crippen LogP contribution in [0.3, 0.4) is 0 Å². The fraction of sp³-hybridized carbons (Fsp3) is 0.846. The first kappa shape index (κ1) is 16.9. The molecular weight excluding hydrogens is 230 g/mol. The molecule has 0 aromatic carbocycles. The van der Waals surface area contributed by atoms with Gasteiger partial charge in [0.2, 0.25) is 11.8 Å². The standard InChI is InChI=1S/C13H27N3O2/c1-5-8-16(9-11(17)15-4)12(18)13(6-2,7-3)10-14/h5-10,14H2,1-4H3,(H,15,17). The van der Waals surface area contributed by atoms with Crippen LogP contribution in [-0.2, 0) is 9.59 Å². The molecule has 0 rings (SSSR count). The van der Waals surface area contributed by atoms with Crippen molar-refractivity contribution in [2.24, 2.45) is 11.1 Å². The van der Waals surface area contributed by atoms with Gasteiger partial charge in [-0.3, -0.25) is 9.59 Å². The van der Waals surface area contributed by atoms with E-state index in [1.807, 2.05) is 20.8 Å². The van der Waals surface area contributed by atoms with Gasteiger partial charge in [-0.05, 0) is 19.3 Å². The van der Waals surface area contributed by atoms with Crippen LogP contribution >= 0.6 is 0 Å². The zero-order chi connectivity index (χ0) is 14.2. The fourth-order valence-electron chi connectivity index (χ4n) is 2.04. The summed E-state index contributed by atoms with van der Waals surface area (Å²) < 4.78 is 0. The van der Waals surface area contributed by atoms with Gasteiger partial charge < -0.3 is 16.0 Å². The maximum atomic E-state index is 12.6. The van der Waals surface area contributed by atoms with Gasteiger partial charge in [0.05, 0.1) is 12.0 Å². The van der Waals surface area contributed by atoms with Crippen molar-refractivity contribution in [1.82, 2.24) is 10.2 Å². The van der Waals surface area contributed by atoms with Gasteiger partial charge in [-0.1, -0.05) is 20.8 Å². The second kappa shape index (κ2) is 8.08. The maximum absolute atomic E-state index is 12.6. The molecule has 3 N–H and O–H groups in total. The van der Waals surface area contributed by atoms with Crippen molar-refractivity contribution < 1.29 is 9.59 Å². The molecule has 0 aromatic rings. The van der Waals surface area contributed by atoms with E-state index in [0.717, 1.165) is 6.42 Å². The zero-order valence-electron chi connectivity index (χ0n) is 12.1. The molecule has 0 aliphatic heterocycles. The molecule has 0 heterocycles. The SMILES string of the molecule is CCCN(CC(=O)NC)C(=O)C(CC)(CC)CN. The first-order chi connectivity index (χ1) is 8.51. The Morgan fingerprint density at radius 2 is 1.78 bits per heavy atom. The first-order valence-electron chi connectivity index (χ1n) is 6.71. The van der Waals surface area contributed by atoms with Crippen LogP contribution in [0.15, 0.2) is 0 Å². The molecule has 0 atom stereocenters. The molecule has 18 heavy (non-hydrogen) atoms. The number of hydrogen-bond donors (Lipinski definition) is 2. The highest BCUT2D eigenvalue weighted by Gasteiger charge is 2.37. The van der Waals surface area contributed by atoms with Gasteiger partial charge in [-0.2, -0.15) is 0 Å². The van der Waals surface area contributed by atoms with E-state index < -0.39 is 5.41 Å². The molecule has 0 saturated heterocycles. The minimum atomic E-state index is -0.525. The predicted octanol–water partition coefficient (Wildman–Crippen LogP) is 0.736. The van der Waals surface area contributed by atoms with Crippen molar-refractivity contribution in [2.75, 3.05) is 26.7 Å². The van der Waals surface area contributed by atoms with E-state index in [-0.39, 0.29) is 18.4 Å². The fourth-order valence-corrected chi connectivity index (χ4v) is 2.04. The molecule has 106 valence electrons. The molecule has 0 spiro atoms. The molecule has 0 unspecified atom stereocenters. The number of nitrogens with one attached hydrogen (secondary N) is 1. The van der Waals surface area contributed by atoms with Gasteiger partial charge in [0.25, 0.3) is 0 Å². The highest BCUT2D eigenvalue weighted by Crippen LogP contribution is 2.27. The quantitative estimate of drug-likeness (QED) is 0.673. The largest absolute Gasteiger partial charge is 0.358 e. The molecular formula is C13H27N3O2. The van der Waals surface area contributed by atoms with Gasteiger partial charge in [-0.25, -0.2) is 0 Å². The van der Waals surface area contributed by atoms with Crippen LogP contribution < -0.4 is 11.1 Å². The van der Waals surface area contributed by atoms with Crippen molar-refractivity contribution in [2.45, 2.75) is 40.0 Å². The maximum Gasteiger partial charge on any atom is 0.239 e. The van der Waals surface area contributed by atoms with Crippen LogP contribution in [0.25, 0.3) is 0 Å². The Hall–Kier alpha value is -1.10. The van der Waals surface area contributed by atoms with E-state index in [2.05, 4.69) is 5.32 Å². The van der Waals surface area contributed by atoms with Crippen molar-refractivity contribution in [3.63, 3.8) is 0 Å². The Morgan fingerprint density at radius 3 is 2.11 bits per heavy atom. The first-order valence-corrected chi connectivity index (χ1v) is 6.71. The Labute approximate surface area is 110 Å². The zero-order valence-corrected chi connectivity index (χ0v) is 12.1. The van der Waals surface area contributed by atoms with Gasteiger partial charge in [0.1, 0.15) is 0 Å². The van der Waals surface area contributed by atoms with E-state index in [4.69, 9.17) is 5.73 Å². The normalized spacial score (nSPS) is 11.2. The summed E-state index contributed by atoms with van der Waals surface area (Å²) in [5.41, 5.74) is 5.25. The number of nitrogens with zero attached hydrogens (tertiary/aromatic N) is 1. The van der Waals surface area contributed by atoms with E-state index in [1.165, 1.54) is 0 Å². The van der Waals surface area contributed by atoms with Crippen LogP contribution in [0.5, 0.6) is 0 Å². The topological polar surface area (TPSA) is 75.4 Å². The van der Waals surface area contributed by atoms with Crippen LogP contribution in [0.4, 0.5) is 0 Å². The second-order valence-electron chi connectivity index (χ2n) is 4.59. The molecule has 5 nitrogen and oxygen atoms in total. The van der Waals surface area contributed by atoms with Gasteiger partial charge in [-0.15, -0.1) is 0 Å². The lowest BCUT2D eigenvalue weighted by Gasteiger charge is -2.34. The Kier molecular flexibility index (Phi) is 7.59. The van der Waals surface area contributed by atoms with Crippen LogP contribution in [0.1, 0.15) is 40.0 Å². The van der Waals surface area contributed by atoms with E-state index in [1.54, 1.807) is 11.9 Å². The van der Waals surface area contributed by atoms with Crippen LogP contribution in [0, 0.1) is 5.41 Å². The highest BCUT2D eigenvalue weighted by molar-refractivity contribution is 5.88. The third-order valence-electron chi connectivity index (χ3n) is 3.59. The Morgan fingerprint density at radius 1 is 1.22 bits per heavy atom. The summed E-state index contributed by atoms with van der Waals surface area (Å²) in [7, 11) is 1.58. The summed E-state index contributed by atoms with van der Waals surface area (Å²) in [6.07, 6.45) is 2.23. The summed E-state index contributed by atoms with van der Waals surface area (Å²) in [5.74, 6) is -0.143. The second-order valence-corrected chi connectivity index (χ2v) is 4.59. The van der Waals surface area contributed by atoms with Crippen molar-refractivity contribution in [1.29, 1.82) is 0 Å². The average molecular weight is 257 g/mol. The van der Waals surface area contributed by atoms with Crippen molar-refractivity contribution in [3.05, 3.63) is 0 Å². The molecule has 5 heteroatoms. The lowest BCUT2D eigenvalue weighted by atomic mass is 9.81. The molecule has 0 aliphatic rings. The molecule has 2 amide bonds. The van der Waals surface area contributed by atoms with Crippen LogP contribution in [0.2, 0.25) is 0 Å². The average Bonchev–Trinajstić information content (AvgIpc) is 2.40. The molecule has 0 saturated carbocycles. The highest BCUT2D eigenvalue weighted by atomic mass is 16.2. The lowest BCUT2D eigenvalue weighted by Crippen LogP contribution is -2.50. The number of amides is 2. The van der Waals surface area contributed by atoms with Gasteiger partial charge in [0, 0.05) is 20.1 Å². The molecule has 0 radical (unpaired) electrons. The van der Waals surface area contributed by atoms with Gasteiger partial charge >= 0.3 is 0 Å². The van der Waals surface area contributed by atoms with Gasteiger partial charge in [0.15, 0.2) is 0 Å². The summed E-state index contributed by atoms with van der Waals surface area (Å²) in [6.45, 7) is 6.97. The monoisotopic (exact) mass is 257 g/mol. The molecule has 0 aromatic heterocycles. The van der Waals surface area contributed by atoms with E-state index in [0.29, 0.717) is 25.9 Å². The number of hydrogen-bond acceptors (Lipinski definition) is 3. The summed E-state index contributed by atoms with van der Waals surface area (Å²) in [5, 5.41) is 2.55. The molecule has 0 aliphatic carbocycles. The lowest BCUT2D eigenvalue weighted by molar-refractivity contribution is -0.145. The Bertz CT molecular complexity index is 267. The number of rotatable bonds is 8. The minimum absolute atomic E-state index is 0.000417. The number of carbonyl (C=O) groups excluding carboxylic acids is 2. The third-order valence-corrected chi connectivity index (χ3v) is 3.59. The number of likely N-dealkylation sites (N-methyl/N-ethyl adjacent to an activating group) is 1. The van der Waals surface area contributed by atoms with E-state index >= 15 is 0 Å².